The van der Waals surface area contributed by atoms with Gasteiger partial charge in [0, 0.05) is 5.56 Å². The van der Waals surface area contributed by atoms with Crippen molar-refractivity contribution in [2.75, 3.05) is 0 Å². The van der Waals surface area contributed by atoms with Crippen molar-refractivity contribution in [2.24, 2.45) is 5.73 Å². The molecule has 1 aromatic rings. The quantitative estimate of drug-likeness (QED) is 0.750. The number of halogens is 5. The van der Waals surface area contributed by atoms with E-state index in [1.165, 1.54) is 13.0 Å². The molecule has 0 aliphatic heterocycles. The lowest BCUT2D eigenvalue weighted by Crippen LogP contribution is -2.29. The molecule has 1 aromatic carbocycles. The highest BCUT2D eigenvalue weighted by atomic mass is 35.5. The Morgan fingerprint density at radius 1 is 1.33 bits per heavy atom. The van der Waals surface area contributed by atoms with Crippen LogP contribution in [0.4, 0.5) is 17.6 Å². The molecule has 0 radical (unpaired) electrons. The molecule has 0 saturated heterocycles. The zero-order chi connectivity index (χ0) is 11.8. The topological polar surface area (TPSA) is 26.0 Å². The Hall–Kier alpha value is -0.810. The van der Waals surface area contributed by atoms with E-state index >= 15 is 0 Å². The minimum atomic E-state index is -4.71. The predicted molar refractivity (Wildman–Crippen MR) is 49.1 cm³/mol. The average Bonchev–Trinajstić information content (AvgIpc) is 2.10. The first-order valence-corrected chi connectivity index (χ1v) is 4.39. The average molecular weight is 242 g/mol. The summed E-state index contributed by atoms with van der Waals surface area (Å²) in [6, 6.07) is -0.184. The van der Waals surface area contributed by atoms with E-state index in [4.69, 9.17) is 17.3 Å². The maximum absolute atomic E-state index is 13.1. The molecule has 0 amide bonds. The molecule has 0 aromatic heterocycles. The van der Waals surface area contributed by atoms with E-state index in [0.29, 0.717) is 5.56 Å². The molecule has 1 nitrogen and oxygen atoms in total. The van der Waals surface area contributed by atoms with Gasteiger partial charge in [-0.05, 0) is 18.6 Å². The fourth-order valence-electron chi connectivity index (χ4n) is 1.13. The van der Waals surface area contributed by atoms with Gasteiger partial charge >= 0.3 is 6.18 Å². The number of nitrogens with two attached hydrogens (primary N) is 1. The van der Waals surface area contributed by atoms with Crippen LogP contribution in [0.15, 0.2) is 12.1 Å². The summed E-state index contributed by atoms with van der Waals surface area (Å²) >= 11 is 5.58. The summed E-state index contributed by atoms with van der Waals surface area (Å²) in [6.45, 7) is 1.48. The Morgan fingerprint density at radius 2 is 1.87 bits per heavy atom. The van der Waals surface area contributed by atoms with Gasteiger partial charge in [0.25, 0.3) is 0 Å². The van der Waals surface area contributed by atoms with Crippen LogP contribution in [0.25, 0.3) is 0 Å². The van der Waals surface area contributed by atoms with Crippen LogP contribution in [0.5, 0.6) is 0 Å². The van der Waals surface area contributed by atoms with Crippen LogP contribution < -0.4 is 5.73 Å². The molecule has 0 unspecified atom stereocenters. The maximum atomic E-state index is 13.1. The van der Waals surface area contributed by atoms with Gasteiger partial charge in [-0.1, -0.05) is 17.7 Å². The van der Waals surface area contributed by atoms with Crippen LogP contribution in [0.1, 0.15) is 17.2 Å². The Balaban J connectivity index is 3.31. The zero-order valence-electron chi connectivity index (χ0n) is 7.70. The van der Waals surface area contributed by atoms with E-state index in [2.05, 4.69) is 0 Å². The minimum Gasteiger partial charge on any atom is -0.316 e. The van der Waals surface area contributed by atoms with Gasteiger partial charge in [0.05, 0.1) is 5.02 Å². The summed E-state index contributed by atoms with van der Waals surface area (Å²) in [7, 11) is 0. The molecule has 15 heavy (non-hydrogen) atoms. The second kappa shape index (κ2) is 3.98. The van der Waals surface area contributed by atoms with Crippen molar-refractivity contribution in [3.05, 3.63) is 34.1 Å². The van der Waals surface area contributed by atoms with Crippen molar-refractivity contribution >= 4 is 11.6 Å². The second-order valence-electron chi connectivity index (χ2n) is 3.11. The highest BCUT2D eigenvalue weighted by molar-refractivity contribution is 6.32. The van der Waals surface area contributed by atoms with Crippen LogP contribution in [0.3, 0.4) is 0 Å². The summed E-state index contributed by atoms with van der Waals surface area (Å²) in [5.74, 6) is -1.05. The number of alkyl halides is 3. The Labute approximate surface area is 88.8 Å². The minimum absolute atomic E-state index is 0.278. The van der Waals surface area contributed by atoms with Crippen molar-refractivity contribution in [1.29, 1.82) is 0 Å². The van der Waals surface area contributed by atoms with E-state index in [1.54, 1.807) is 0 Å². The van der Waals surface area contributed by atoms with E-state index in [0.717, 1.165) is 6.07 Å². The molecule has 84 valence electrons. The molecular weight excluding hydrogens is 234 g/mol. The first-order chi connectivity index (χ1) is 6.75. The van der Waals surface area contributed by atoms with Crippen LogP contribution in [0, 0.1) is 12.7 Å². The molecule has 0 fully saturated rings. The maximum Gasteiger partial charge on any atom is 0.407 e. The summed E-state index contributed by atoms with van der Waals surface area (Å²) in [6.07, 6.45) is -4.71. The van der Waals surface area contributed by atoms with Gasteiger partial charge in [0.15, 0.2) is 0 Å². The lowest BCUT2D eigenvalue weighted by atomic mass is 10.0. The SMILES string of the molecule is Cc1ccc(F)c([C@H](N)C(F)(F)F)c1Cl. The van der Waals surface area contributed by atoms with E-state index < -0.39 is 23.6 Å². The molecule has 1 rings (SSSR count). The third kappa shape index (κ3) is 2.41. The van der Waals surface area contributed by atoms with Crippen molar-refractivity contribution < 1.29 is 17.6 Å². The largest absolute Gasteiger partial charge is 0.407 e. The van der Waals surface area contributed by atoms with Crippen LogP contribution in [-0.2, 0) is 0 Å². The predicted octanol–water partition coefficient (Wildman–Crippen LogP) is 3.35. The molecule has 1 atom stereocenters. The number of aryl methyl sites for hydroxylation is 1. The molecule has 0 spiro atoms. The van der Waals surface area contributed by atoms with Gasteiger partial charge in [-0.3, -0.25) is 0 Å². The standard InChI is InChI=1S/C9H8ClF4N/c1-4-2-3-5(11)6(7(4)10)8(15)9(12,13)14/h2-3,8H,15H2,1H3/t8-/m0/s1. The summed E-state index contributed by atoms with van der Waals surface area (Å²) in [5, 5.41) is -0.278. The Bertz CT molecular complexity index is 375. The van der Waals surface area contributed by atoms with E-state index in [-0.39, 0.29) is 5.02 Å². The summed E-state index contributed by atoms with van der Waals surface area (Å²) in [4.78, 5) is 0. The zero-order valence-corrected chi connectivity index (χ0v) is 8.46. The van der Waals surface area contributed by atoms with Crippen LogP contribution >= 0.6 is 11.6 Å². The van der Waals surface area contributed by atoms with Crippen molar-refractivity contribution in [2.45, 2.75) is 19.1 Å². The molecule has 0 bridgehead atoms. The monoisotopic (exact) mass is 241 g/mol. The third-order valence-corrected chi connectivity index (χ3v) is 2.48. The fraction of sp³-hybridized carbons (Fsp3) is 0.333. The third-order valence-electron chi connectivity index (χ3n) is 1.98. The molecule has 0 saturated carbocycles. The van der Waals surface area contributed by atoms with E-state index in [9.17, 15) is 17.6 Å². The molecular formula is C9H8ClF4N. The normalized spacial score (nSPS) is 14.1. The van der Waals surface area contributed by atoms with Crippen LogP contribution in [0.2, 0.25) is 5.02 Å². The van der Waals surface area contributed by atoms with Crippen molar-refractivity contribution in [3.63, 3.8) is 0 Å². The fourth-order valence-corrected chi connectivity index (χ4v) is 1.40. The van der Waals surface area contributed by atoms with Gasteiger partial charge in [-0.15, -0.1) is 0 Å². The second-order valence-corrected chi connectivity index (χ2v) is 3.49. The Kier molecular flexibility index (Phi) is 3.25. The number of hydrogen-bond acceptors (Lipinski definition) is 1. The number of benzene rings is 1. The highest BCUT2D eigenvalue weighted by Crippen LogP contribution is 2.36. The van der Waals surface area contributed by atoms with Crippen molar-refractivity contribution in [3.8, 4) is 0 Å². The lowest BCUT2D eigenvalue weighted by molar-refractivity contribution is -0.149. The van der Waals surface area contributed by atoms with Gasteiger partial charge in [0.1, 0.15) is 11.9 Å². The number of hydrogen-bond donors (Lipinski definition) is 1. The Morgan fingerprint density at radius 3 is 2.33 bits per heavy atom. The highest BCUT2D eigenvalue weighted by Gasteiger charge is 2.40. The molecule has 0 aliphatic rings. The van der Waals surface area contributed by atoms with Gasteiger partial charge in [-0.25, -0.2) is 4.39 Å². The molecule has 2 N–H and O–H groups in total. The smallest absolute Gasteiger partial charge is 0.316 e. The first kappa shape index (κ1) is 12.3. The van der Waals surface area contributed by atoms with Gasteiger partial charge in [-0.2, -0.15) is 13.2 Å². The van der Waals surface area contributed by atoms with E-state index in [1.807, 2.05) is 0 Å². The van der Waals surface area contributed by atoms with Gasteiger partial charge < -0.3 is 5.73 Å². The van der Waals surface area contributed by atoms with Crippen LogP contribution in [-0.4, -0.2) is 6.18 Å². The lowest BCUT2D eigenvalue weighted by Gasteiger charge is -2.18. The summed E-state index contributed by atoms with van der Waals surface area (Å²) in [5.41, 5.74) is 4.54. The van der Waals surface area contributed by atoms with Crippen molar-refractivity contribution in [1.82, 2.24) is 0 Å². The summed E-state index contributed by atoms with van der Waals surface area (Å²) < 4.78 is 50.0. The molecule has 0 aliphatic carbocycles. The molecule has 0 heterocycles. The first-order valence-electron chi connectivity index (χ1n) is 4.02. The number of rotatable bonds is 1. The van der Waals surface area contributed by atoms with Gasteiger partial charge in [0.2, 0.25) is 0 Å². The molecule has 6 heteroatoms.